The van der Waals surface area contributed by atoms with E-state index in [1.54, 1.807) is 6.92 Å². The van der Waals surface area contributed by atoms with Crippen LogP contribution in [0, 0.1) is 0 Å². The number of hydrogen-bond acceptors (Lipinski definition) is 2. The molecule has 0 spiro atoms. The summed E-state index contributed by atoms with van der Waals surface area (Å²) in [5.74, 6) is 1.85. The monoisotopic (exact) mass is 190 g/mol. The second kappa shape index (κ2) is 6.14. The maximum atomic E-state index is 10.2. The Balaban J connectivity index is 2.20. The van der Waals surface area contributed by atoms with Gasteiger partial charge in [-0.05, 0) is 12.5 Å². The van der Waals surface area contributed by atoms with E-state index in [4.69, 9.17) is 4.74 Å². The first-order valence-corrected chi connectivity index (χ1v) is 4.65. The van der Waals surface area contributed by atoms with E-state index in [0.717, 1.165) is 5.56 Å². The Morgan fingerprint density at radius 2 is 2.07 bits per heavy atom. The first-order valence-electron chi connectivity index (χ1n) is 4.65. The second-order valence-electron chi connectivity index (χ2n) is 3.17. The first kappa shape index (κ1) is 10.7. The molecule has 74 valence electrons. The number of benzene rings is 1. The van der Waals surface area contributed by atoms with Crippen LogP contribution in [-0.2, 0) is 16.1 Å². The molecule has 0 N–H and O–H groups in total. The first-order chi connectivity index (χ1) is 6.83. The van der Waals surface area contributed by atoms with Crippen molar-refractivity contribution < 1.29 is 9.53 Å². The molecule has 0 saturated carbocycles. The summed E-state index contributed by atoms with van der Waals surface area (Å²) in [4.78, 5) is 10.2. The Bertz CT molecular complexity index is 310. The van der Waals surface area contributed by atoms with E-state index >= 15 is 0 Å². The van der Waals surface area contributed by atoms with Crippen LogP contribution in [0.1, 0.15) is 18.9 Å². The minimum atomic E-state index is 0.579. The van der Waals surface area contributed by atoms with Gasteiger partial charge in [-0.15, -0.1) is 0 Å². The molecule has 0 amide bonds. The maximum Gasteiger partial charge on any atom is 0.123 e. The molecule has 0 bridgehead atoms. The fourth-order valence-corrected chi connectivity index (χ4v) is 1.04. The molecule has 0 fully saturated rings. The van der Waals surface area contributed by atoms with Gasteiger partial charge in [0.1, 0.15) is 5.94 Å². The zero-order valence-corrected chi connectivity index (χ0v) is 8.32. The summed E-state index contributed by atoms with van der Waals surface area (Å²) in [6, 6.07) is 9.97. The molecule has 14 heavy (non-hydrogen) atoms. The molecule has 1 aromatic rings. The van der Waals surface area contributed by atoms with E-state index < -0.39 is 0 Å². The van der Waals surface area contributed by atoms with Crippen LogP contribution in [0.5, 0.6) is 0 Å². The predicted molar refractivity (Wildman–Crippen MR) is 55.6 cm³/mol. The number of carbonyl (C=O) groups excluding carboxylic acids is 1. The molecule has 0 heterocycles. The zero-order chi connectivity index (χ0) is 10.2. The summed E-state index contributed by atoms with van der Waals surface area (Å²) in [5.41, 5.74) is 1.86. The van der Waals surface area contributed by atoms with Crippen LogP contribution in [0.15, 0.2) is 35.9 Å². The van der Waals surface area contributed by atoms with Crippen LogP contribution < -0.4 is 0 Å². The van der Waals surface area contributed by atoms with Gasteiger partial charge < -0.3 is 4.74 Å². The van der Waals surface area contributed by atoms with Crippen molar-refractivity contribution in [3.8, 4) is 0 Å². The van der Waals surface area contributed by atoms with Crippen molar-refractivity contribution in [1.82, 2.24) is 0 Å². The van der Waals surface area contributed by atoms with E-state index in [-0.39, 0.29) is 0 Å². The molecule has 0 atom stereocenters. The molecule has 0 aromatic heterocycles. The van der Waals surface area contributed by atoms with Crippen LogP contribution in [0.25, 0.3) is 0 Å². The summed E-state index contributed by atoms with van der Waals surface area (Å²) in [6.07, 6.45) is 0.663. The van der Waals surface area contributed by atoms with Crippen molar-refractivity contribution in [2.75, 3.05) is 6.61 Å². The standard InChI is InChI=1S/C12H14O2/c1-11(9-13)7-8-14-10-12-5-3-2-4-6-12/h2-6H,7-8,10H2,1H3. The highest BCUT2D eigenvalue weighted by atomic mass is 16.5. The van der Waals surface area contributed by atoms with E-state index in [1.807, 2.05) is 36.3 Å². The van der Waals surface area contributed by atoms with Crippen molar-refractivity contribution in [2.24, 2.45) is 0 Å². The van der Waals surface area contributed by atoms with Crippen molar-refractivity contribution in [2.45, 2.75) is 20.0 Å². The third kappa shape index (κ3) is 4.04. The van der Waals surface area contributed by atoms with Crippen LogP contribution in [-0.4, -0.2) is 12.5 Å². The number of rotatable bonds is 5. The summed E-state index contributed by atoms with van der Waals surface area (Å²) < 4.78 is 5.39. The fourth-order valence-electron chi connectivity index (χ4n) is 1.04. The van der Waals surface area contributed by atoms with E-state index in [0.29, 0.717) is 25.2 Å². The van der Waals surface area contributed by atoms with Gasteiger partial charge in [-0.25, -0.2) is 4.79 Å². The second-order valence-corrected chi connectivity index (χ2v) is 3.17. The average Bonchev–Trinajstić information content (AvgIpc) is 2.25. The lowest BCUT2D eigenvalue weighted by atomic mass is 10.2. The van der Waals surface area contributed by atoms with Gasteiger partial charge in [0.2, 0.25) is 0 Å². The molecular weight excluding hydrogens is 176 g/mol. The molecule has 1 aromatic carbocycles. The van der Waals surface area contributed by atoms with Gasteiger partial charge in [0, 0.05) is 12.0 Å². The molecule has 0 aliphatic heterocycles. The van der Waals surface area contributed by atoms with Gasteiger partial charge in [0.15, 0.2) is 0 Å². The number of hydrogen-bond donors (Lipinski definition) is 0. The van der Waals surface area contributed by atoms with E-state index in [2.05, 4.69) is 0 Å². The van der Waals surface area contributed by atoms with Crippen molar-refractivity contribution in [3.05, 3.63) is 41.5 Å². The Labute approximate surface area is 84.2 Å². The van der Waals surface area contributed by atoms with E-state index in [9.17, 15) is 4.79 Å². The molecule has 1 rings (SSSR count). The minimum absolute atomic E-state index is 0.579. The Kier molecular flexibility index (Phi) is 4.70. The van der Waals surface area contributed by atoms with Crippen LogP contribution in [0.2, 0.25) is 0 Å². The third-order valence-electron chi connectivity index (χ3n) is 1.91. The summed E-state index contributed by atoms with van der Waals surface area (Å²) in [6.45, 7) is 2.95. The molecule has 0 aliphatic rings. The lowest BCUT2D eigenvalue weighted by Crippen LogP contribution is -1.96. The number of ether oxygens (including phenoxy) is 1. The molecule has 0 radical (unpaired) electrons. The highest BCUT2D eigenvalue weighted by Crippen LogP contribution is 2.02. The SMILES string of the molecule is CC(=C=O)CCOCc1ccccc1. The molecule has 0 aliphatic carbocycles. The summed E-state index contributed by atoms with van der Waals surface area (Å²) >= 11 is 0. The Hall–Kier alpha value is -1.37. The van der Waals surface area contributed by atoms with Crippen LogP contribution in [0.4, 0.5) is 0 Å². The molecule has 0 saturated heterocycles. The quantitative estimate of drug-likeness (QED) is 0.526. The largest absolute Gasteiger partial charge is 0.376 e. The fraction of sp³-hybridized carbons (Fsp3) is 0.333. The summed E-state index contributed by atoms with van der Waals surface area (Å²) in [7, 11) is 0. The predicted octanol–water partition coefficient (Wildman–Crippen LogP) is 2.37. The molecular formula is C12H14O2. The average molecular weight is 190 g/mol. The highest BCUT2D eigenvalue weighted by molar-refractivity contribution is 5.50. The van der Waals surface area contributed by atoms with Gasteiger partial charge in [-0.2, -0.15) is 0 Å². The van der Waals surface area contributed by atoms with Crippen LogP contribution in [0.3, 0.4) is 0 Å². The molecule has 0 unspecified atom stereocenters. The highest BCUT2D eigenvalue weighted by Gasteiger charge is 1.93. The van der Waals surface area contributed by atoms with Crippen molar-refractivity contribution in [3.63, 3.8) is 0 Å². The topological polar surface area (TPSA) is 26.3 Å². The van der Waals surface area contributed by atoms with Gasteiger partial charge in [-0.3, -0.25) is 0 Å². The lowest BCUT2D eigenvalue weighted by Gasteiger charge is -2.02. The summed E-state index contributed by atoms with van der Waals surface area (Å²) in [5, 5.41) is 0. The normalized spacial score (nSPS) is 9.50. The maximum absolute atomic E-state index is 10.2. The molecule has 2 nitrogen and oxygen atoms in total. The van der Waals surface area contributed by atoms with Gasteiger partial charge in [0.25, 0.3) is 0 Å². The Morgan fingerprint density at radius 3 is 2.71 bits per heavy atom. The van der Waals surface area contributed by atoms with Crippen molar-refractivity contribution in [1.29, 1.82) is 0 Å². The third-order valence-corrected chi connectivity index (χ3v) is 1.91. The lowest BCUT2D eigenvalue weighted by molar-refractivity contribution is 0.124. The minimum Gasteiger partial charge on any atom is -0.376 e. The Morgan fingerprint density at radius 1 is 1.36 bits per heavy atom. The van der Waals surface area contributed by atoms with Crippen LogP contribution >= 0.6 is 0 Å². The molecule has 2 heteroatoms. The van der Waals surface area contributed by atoms with Gasteiger partial charge in [-0.1, -0.05) is 30.3 Å². The van der Waals surface area contributed by atoms with Gasteiger partial charge >= 0.3 is 0 Å². The smallest absolute Gasteiger partial charge is 0.123 e. The van der Waals surface area contributed by atoms with E-state index in [1.165, 1.54) is 0 Å². The zero-order valence-electron chi connectivity index (χ0n) is 8.32. The van der Waals surface area contributed by atoms with Crippen molar-refractivity contribution >= 4 is 5.94 Å². The van der Waals surface area contributed by atoms with Gasteiger partial charge in [0.05, 0.1) is 13.2 Å².